The Hall–Kier alpha value is -1.03. The number of nitrogens with one attached hydrogen (secondary N) is 1. The van der Waals surface area contributed by atoms with Gasteiger partial charge in [-0.2, -0.15) is 13.2 Å². The molecule has 0 aliphatic heterocycles. The summed E-state index contributed by atoms with van der Waals surface area (Å²) in [4.78, 5) is 0. The molecule has 0 radical (unpaired) electrons. The maximum Gasteiger partial charge on any atom is 0.416 e. The predicted molar refractivity (Wildman–Crippen MR) is 76.6 cm³/mol. The topological polar surface area (TPSA) is 12.0 Å². The van der Waals surface area contributed by atoms with Crippen molar-refractivity contribution in [3.05, 3.63) is 35.4 Å². The van der Waals surface area contributed by atoms with E-state index >= 15 is 0 Å². The molecule has 4 heteroatoms. The van der Waals surface area contributed by atoms with Crippen LogP contribution in [0, 0.1) is 11.8 Å². The van der Waals surface area contributed by atoms with Gasteiger partial charge in [0.2, 0.25) is 0 Å². The molecule has 2 atom stereocenters. The Labute approximate surface area is 119 Å². The maximum atomic E-state index is 12.5. The van der Waals surface area contributed by atoms with Gasteiger partial charge in [-0.1, -0.05) is 32.9 Å². The van der Waals surface area contributed by atoms with Crippen LogP contribution in [-0.4, -0.2) is 12.6 Å². The second-order valence-corrected chi connectivity index (χ2v) is 5.65. The quantitative estimate of drug-likeness (QED) is 0.811. The Morgan fingerprint density at radius 2 is 1.60 bits per heavy atom. The molecule has 0 saturated heterocycles. The van der Waals surface area contributed by atoms with Crippen molar-refractivity contribution in [2.45, 2.75) is 46.3 Å². The van der Waals surface area contributed by atoms with E-state index in [4.69, 9.17) is 0 Å². The zero-order chi connectivity index (χ0) is 15.3. The van der Waals surface area contributed by atoms with Gasteiger partial charge in [0.05, 0.1) is 5.56 Å². The molecular weight excluding hydrogens is 263 g/mol. The Kier molecular flexibility index (Phi) is 6.06. The molecule has 0 heterocycles. The van der Waals surface area contributed by atoms with Gasteiger partial charge in [-0.15, -0.1) is 0 Å². The lowest BCUT2D eigenvalue weighted by Gasteiger charge is -2.28. The first-order chi connectivity index (χ1) is 9.25. The highest BCUT2D eigenvalue weighted by molar-refractivity contribution is 5.25. The van der Waals surface area contributed by atoms with Crippen LogP contribution in [0.15, 0.2) is 24.3 Å². The summed E-state index contributed by atoms with van der Waals surface area (Å²) in [5.74, 6) is 0.887. The minimum Gasteiger partial charge on any atom is -0.314 e. The number of halogens is 3. The monoisotopic (exact) mass is 287 g/mol. The summed E-state index contributed by atoms with van der Waals surface area (Å²) in [6.45, 7) is 9.41. The summed E-state index contributed by atoms with van der Waals surface area (Å²) >= 11 is 0. The summed E-state index contributed by atoms with van der Waals surface area (Å²) in [5.41, 5.74) is 0.378. The SMILES string of the molecule is CCNC(C)C(Cc1ccc(C(F)(F)F)cc1)C(C)C. The van der Waals surface area contributed by atoms with Crippen molar-refractivity contribution in [2.24, 2.45) is 11.8 Å². The second-order valence-electron chi connectivity index (χ2n) is 5.65. The standard InChI is InChI=1S/C16H24F3N/c1-5-20-12(4)15(11(2)3)10-13-6-8-14(9-7-13)16(17,18)19/h6-9,11-12,15,20H,5,10H2,1-4H3. The van der Waals surface area contributed by atoms with Crippen LogP contribution < -0.4 is 5.32 Å². The largest absolute Gasteiger partial charge is 0.416 e. The molecule has 20 heavy (non-hydrogen) atoms. The normalized spacial score (nSPS) is 15.4. The number of hydrogen-bond acceptors (Lipinski definition) is 1. The van der Waals surface area contributed by atoms with Crippen molar-refractivity contribution in [3.63, 3.8) is 0 Å². The molecule has 1 aromatic carbocycles. The number of rotatable bonds is 6. The average Bonchev–Trinajstić information content (AvgIpc) is 2.35. The second kappa shape index (κ2) is 7.11. The molecular formula is C16H24F3N. The van der Waals surface area contributed by atoms with Gasteiger partial charge in [0.15, 0.2) is 0 Å². The van der Waals surface area contributed by atoms with Gasteiger partial charge in [-0.3, -0.25) is 0 Å². The van der Waals surface area contributed by atoms with Gasteiger partial charge in [0, 0.05) is 6.04 Å². The summed E-state index contributed by atoms with van der Waals surface area (Å²) < 4.78 is 37.6. The van der Waals surface area contributed by atoms with Crippen LogP contribution in [0.3, 0.4) is 0 Å². The first kappa shape index (κ1) is 17.0. The molecule has 1 N–H and O–H groups in total. The first-order valence-corrected chi connectivity index (χ1v) is 7.15. The molecule has 0 spiro atoms. The highest BCUT2D eigenvalue weighted by atomic mass is 19.4. The van der Waals surface area contributed by atoms with E-state index in [1.54, 1.807) is 12.1 Å². The lowest BCUT2D eigenvalue weighted by molar-refractivity contribution is -0.137. The Balaban J connectivity index is 2.79. The fraction of sp³-hybridized carbons (Fsp3) is 0.625. The van der Waals surface area contributed by atoms with Crippen LogP contribution in [0.1, 0.15) is 38.8 Å². The van der Waals surface area contributed by atoms with Crippen molar-refractivity contribution < 1.29 is 13.2 Å². The molecule has 1 aromatic rings. The minimum absolute atomic E-state index is 0.349. The highest BCUT2D eigenvalue weighted by Gasteiger charge is 2.30. The lowest BCUT2D eigenvalue weighted by atomic mass is 9.84. The number of alkyl halides is 3. The Morgan fingerprint density at radius 3 is 2.00 bits per heavy atom. The zero-order valence-corrected chi connectivity index (χ0v) is 12.6. The van der Waals surface area contributed by atoms with Crippen molar-refractivity contribution in [2.75, 3.05) is 6.54 Å². The van der Waals surface area contributed by atoms with Crippen molar-refractivity contribution in [3.8, 4) is 0 Å². The maximum absolute atomic E-state index is 12.5. The Morgan fingerprint density at radius 1 is 1.05 bits per heavy atom. The first-order valence-electron chi connectivity index (χ1n) is 7.15. The third kappa shape index (κ3) is 4.82. The fourth-order valence-corrected chi connectivity index (χ4v) is 2.57. The molecule has 1 nitrogen and oxygen atoms in total. The molecule has 2 unspecified atom stereocenters. The van der Waals surface area contributed by atoms with Gasteiger partial charge < -0.3 is 5.32 Å². The van der Waals surface area contributed by atoms with E-state index in [-0.39, 0.29) is 0 Å². The van der Waals surface area contributed by atoms with Crippen LogP contribution in [0.4, 0.5) is 13.2 Å². The van der Waals surface area contributed by atoms with Crippen molar-refractivity contribution in [1.29, 1.82) is 0 Å². The summed E-state index contributed by atoms with van der Waals surface area (Å²) in [6, 6.07) is 5.88. The van der Waals surface area contributed by atoms with Crippen LogP contribution in [-0.2, 0) is 12.6 Å². The summed E-state index contributed by atoms with van der Waals surface area (Å²) in [7, 11) is 0. The summed E-state index contributed by atoms with van der Waals surface area (Å²) in [6.07, 6.45) is -3.46. The molecule has 1 rings (SSSR count). The van der Waals surface area contributed by atoms with Crippen LogP contribution in [0.2, 0.25) is 0 Å². The van der Waals surface area contributed by atoms with E-state index < -0.39 is 11.7 Å². The van der Waals surface area contributed by atoms with Gasteiger partial charge in [0.25, 0.3) is 0 Å². The molecule has 0 bridgehead atoms. The third-order valence-corrected chi connectivity index (χ3v) is 3.78. The lowest BCUT2D eigenvalue weighted by Crippen LogP contribution is -2.37. The van der Waals surface area contributed by atoms with Crippen molar-refractivity contribution in [1.82, 2.24) is 5.32 Å². The van der Waals surface area contributed by atoms with Crippen LogP contribution >= 0.6 is 0 Å². The van der Waals surface area contributed by atoms with E-state index in [1.807, 2.05) is 0 Å². The smallest absolute Gasteiger partial charge is 0.314 e. The van der Waals surface area contributed by atoms with E-state index in [2.05, 4.69) is 33.0 Å². The molecule has 114 valence electrons. The van der Waals surface area contributed by atoms with E-state index in [0.717, 1.165) is 18.5 Å². The van der Waals surface area contributed by atoms with E-state index in [9.17, 15) is 13.2 Å². The molecule has 0 amide bonds. The van der Waals surface area contributed by atoms with E-state index in [1.165, 1.54) is 12.1 Å². The molecule has 0 aromatic heterocycles. The summed E-state index contributed by atoms with van der Waals surface area (Å²) in [5, 5.41) is 3.40. The predicted octanol–water partition coefficient (Wildman–Crippen LogP) is 4.52. The van der Waals surface area contributed by atoms with Gasteiger partial charge in [-0.05, 0) is 49.4 Å². The zero-order valence-electron chi connectivity index (χ0n) is 12.6. The van der Waals surface area contributed by atoms with Crippen LogP contribution in [0.5, 0.6) is 0 Å². The Bertz CT molecular complexity index is 395. The molecule has 0 saturated carbocycles. The average molecular weight is 287 g/mol. The van der Waals surface area contributed by atoms with Crippen molar-refractivity contribution >= 4 is 0 Å². The minimum atomic E-state index is -4.26. The fourth-order valence-electron chi connectivity index (χ4n) is 2.57. The highest BCUT2D eigenvalue weighted by Crippen LogP contribution is 2.30. The van der Waals surface area contributed by atoms with Gasteiger partial charge in [-0.25, -0.2) is 0 Å². The molecule has 0 aliphatic rings. The van der Waals surface area contributed by atoms with Gasteiger partial charge >= 0.3 is 6.18 Å². The number of hydrogen-bond donors (Lipinski definition) is 1. The van der Waals surface area contributed by atoms with E-state index in [0.29, 0.717) is 17.9 Å². The number of benzene rings is 1. The molecule has 0 fully saturated rings. The van der Waals surface area contributed by atoms with Crippen LogP contribution in [0.25, 0.3) is 0 Å². The third-order valence-electron chi connectivity index (χ3n) is 3.78. The molecule has 0 aliphatic carbocycles. The van der Waals surface area contributed by atoms with Gasteiger partial charge in [0.1, 0.15) is 0 Å².